The van der Waals surface area contributed by atoms with Crippen LogP contribution in [0.5, 0.6) is 0 Å². The molecule has 0 saturated heterocycles. The van der Waals surface area contributed by atoms with E-state index in [4.69, 9.17) is 5.11 Å². The van der Waals surface area contributed by atoms with E-state index in [1.165, 1.54) is 0 Å². The lowest BCUT2D eigenvalue weighted by Crippen LogP contribution is -2.24. The number of nitrogens with one attached hydrogen (secondary N) is 1. The molecule has 3 nitrogen and oxygen atoms in total. The maximum Gasteiger partial charge on any atom is 0.220 e. The zero-order chi connectivity index (χ0) is 8.27. The van der Waals surface area contributed by atoms with E-state index in [1.54, 1.807) is 0 Å². The van der Waals surface area contributed by atoms with Crippen LogP contribution in [0, 0.1) is 0 Å². The maximum atomic E-state index is 10.9. The minimum absolute atomic E-state index is 0.0164. The number of amides is 1. The van der Waals surface area contributed by atoms with E-state index in [0.717, 1.165) is 12.8 Å². The molecule has 0 aromatic carbocycles. The highest BCUT2D eigenvalue weighted by Gasteiger charge is 2.22. The fraction of sp³-hybridized carbons (Fsp3) is 0.625. The minimum Gasteiger partial charge on any atom is -0.513 e. The molecule has 3 heteroatoms. The van der Waals surface area contributed by atoms with Gasteiger partial charge in [-0.1, -0.05) is 6.58 Å². The van der Waals surface area contributed by atoms with Crippen LogP contribution in [-0.4, -0.2) is 17.1 Å². The van der Waals surface area contributed by atoms with Crippen molar-refractivity contribution in [1.29, 1.82) is 0 Å². The van der Waals surface area contributed by atoms with Gasteiger partial charge >= 0.3 is 0 Å². The third-order valence-corrected chi connectivity index (χ3v) is 1.58. The van der Waals surface area contributed by atoms with Crippen LogP contribution in [0.3, 0.4) is 0 Å². The van der Waals surface area contributed by atoms with E-state index in [1.807, 2.05) is 0 Å². The molecule has 11 heavy (non-hydrogen) atoms. The Morgan fingerprint density at radius 1 is 1.55 bits per heavy atom. The molecule has 0 aromatic heterocycles. The topological polar surface area (TPSA) is 49.3 Å². The van der Waals surface area contributed by atoms with Gasteiger partial charge in [0.05, 0.1) is 5.76 Å². The van der Waals surface area contributed by atoms with Gasteiger partial charge < -0.3 is 10.4 Å². The quantitative estimate of drug-likeness (QED) is 0.597. The summed E-state index contributed by atoms with van der Waals surface area (Å²) in [4.78, 5) is 10.9. The second-order valence-corrected chi connectivity index (χ2v) is 2.91. The Balaban J connectivity index is 2.04. The third-order valence-electron chi connectivity index (χ3n) is 1.58. The van der Waals surface area contributed by atoms with Gasteiger partial charge in [-0.15, -0.1) is 0 Å². The molecule has 0 heterocycles. The van der Waals surface area contributed by atoms with Gasteiger partial charge in [0, 0.05) is 18.9 Å². The summed E-state index contributed by atoms with van der Waals surface area (Å²) in [5.41, 5.74) is 0. The number of carbonyl (C=O) groups is 1. The maximum absolute atomic E-state index is 10.9. The standard InChI is InChI=1S/C8H13NO2/c1-6(10)2-5-8(11)9-7-3-4-7/h7,10H,1-5H2,(H,9,11). The van der Waals surface area contributed by atoms with E-state index in [0.29, 0.717) is 18.9 Å². The largest absolute Gasteiger partial charge is 0.513 e. The smallest absolute Gasteiger partial charge is 0.220 e. The lowest BCUT2D eigenvalue weighted by Gasteiger charge is -2.01. The van der Waals surface area contributed by atoms with Crippen LogP contribution in [0.4, 0.5) is 0 Å². The summed E-state index contributed by atoms with van der Waals surface area (Å²) >= 11 is 0. The molecular weight excluding hydrogens is 142 g/mol. The Kier molecular flexibility index (Phi) is 2.52. The van der Waals surface area contributed by atoms with Gasteiger partial charge in [-0.3, -0.25) is 4.79 Å². The van der Waals surface area contributed by atoms with Crippen LogP contribution in [0.25, 0.3) is 0 Å². The molecule has 0 aliphatic heterocycles. The van der Waals surface area contributed by atoms with Crippen LogP contribution in [-0.2, 0) is 4.79 Å². The van der Waals surface area contributed by atoms with Crippen molar-refractivity contribution >= 4 is 5.91 Å². The number of aliphatic hydroxyl groups is 1. The van der Waals surface area contributed by atoms with E-state index < -0.39 is 0 Å². The molecule has 2 N–H and O–H groups in total. The lowest BCUT2D eigenvalue weighted by molar-refractivity contribution is -0.121. The molecule has 1 amide bonds. The molecule has 0 atom stereocenters. The van der Waals surface area contributed by atoms with Crippen molar-refractivity contribution in [3.8, 4) is 0 Å². The Morgan fingerprint density at radius 2 is 2.18 bits per heavy atom. The molecule has 0 unspecified atom stereocenters. The fourth-order valence-electron chi connectivity index (χ4n) is 0.785. The van der Waals surface area contributed by atoms with Crippen LogP contribution in [0.1, 0.15) is 25.7 Å². The van der Waals surface area contributed by atoms with Crippen molar-refractivity contribution < 1.29 is 9.90 Å². The first-order chi connectivity index (χ1) is 5.18. The third kappa shape index (κ3) is 3.65. The number of allylic oxidation sites excluding steroid dienone is 1. The van der Waals surface area contributed by atoms with Crippen LogP contribution in [0.15, 0.2) is 12.3 Å². The van der Waals surface area contributed by atoms with Crippen LogP contribution < -0.4 is 5.32 Å². The first-order valence-electron chi connectivity index (χ1n) is 3.84. The molecule has 0 spiro atoms. The van der Waals surface area contributed by atoms with E-state index in [-0.39, 0.29) is 11.7 Å². The molecule has 1 rings (SSSR count). The predicted octanol–water partition coefficient (Wildman–Crippen LogP) is 1.12. The van der Waals surface area contributed by atoms with Crippen LogP contribution in [0.2, 0.25) is 0 Å². The molecule has 1 fully saturated rings. The number of rotatable bonds is 4. The zero-order valence-electron chi connectivity index (χ0n) is 6.47. The highest BCUT2D eigenvalue weighted by atomic mass is 16.3. The molecular formula is C8H13NO2. The van der Waals surface area contributed by atoms with E-state index >= 15 is 0 Å². The second kappa shape index (κ2) is 3.42. The van der Waals surface area contributed by atoms with Gasteiger partial charge in [0.15, 0.2) is 0 Å². The highest BCUT2D eigenvalue weighted by molar-refractivity contribution is 5.76. The van der Waals surface area contributed by atoms with Crippen molar-refractivity contribution in [1.82, 2.24) is 5.32 Å². The Labute approximate surface area is 66.1 Å². The van der Waals surface area contributed by atoms with Gasteiger partial charge in [-0.2, -0.15) is 0 Å². The SMILES string of the molecule is C=C(O)CCC(=O)NC1CC1. The van der Waals surface area contributed by atoms with Gasteiger partial charge in [-0.25, -0.2) is 0 Å². The van der Waals surface area contributed by atoms with Crippen LogP contribution >= 0.6 is 0 Å². The summed E-state index contributed by atoms with van der Waals surface area (Å²) in [6, 6.07) is 0.412. The van der Waals surface area contributed by atoms with Crippen molar-refractivity contribution in [3.63, 3.8) is 0 Å². The monoisotopic (exact) mass is 155 g/mol. The first kappa shape index (κ1) is 8.11. The van der Waals surface area contributed by atoms with Gasteiger partial charge in [0.1, 0.15) is 0 Å². The summed E-state index contributed by atoms with van der Waals surface area (Å²) in [6.07, 6.45) is 2.93. The Bertz CT molecular complexity index is 173. The average Bonchev–Trinajstić information content (AvgIpc) is 2.67. The van der Waals surface area contributed by atoms with E-state index in [2.05, 4.69) is 11.9 Å². The number of aliphatic hydroxyl groups excluding tert-OH is 1. The number of hydrogen-bond acceptors (Lipinski definition) is 2. The number of carbonyl (C=O) groups excluding carboxylic acids is 1. The Morgan fingerprint density at radius 3 is 2.64 bits per heavy atom. The summed E-state index contributed by atoms with van der Waals surface area (Å²) in [5, 5.41) is 11.5. The summed E-state index contributed by atoms with van der Waals surface area (Å²) in [7, 11) is 0. The van der Waals surface area contributed by atoms with E-state index in [9.17, 15) is 4.79 Å². The fourth-order valence-corrected chi connectivity index (χ4v) is 0.785. The lowest BCUT2D eigenvalue weighted by atomic mass is 10.2. The molecule has 1 aliphatic rings. The molecule has 1 aliphatic carbocycles. The zero-order valence-corrected chi connectivity index (χ0v) is 6.47. The summed E-state index contributed by atoms with van der Waals surface area (Å²) < 4.78 is 0. The highest BCUT2D eigenvalue weighted by Crippen LogP contribution is 2.18. The second-order valence-electron chi connectivity index (χ2n) is 2.91. The van der Waals surface area contributed by atoms with Gasteiger partial charge in [0.2, 0.25) is 5.91 Å². The molecule has 62 valence electrons. The summed E-state index contributed by atoms with van der Waals surface area (Å²) in [6.45, 7) is 3.30. The molecule has 0 bridgehead atoms. The Hall–Kier alpha value is -0.990. The summed E-state index contributed by atoms with van der Waals surface area (Å²) in [5.74, 6) is 0.0960. The molecule has 0 aromatic rings. The first-order valence-corrected chi connectivity index (χ1v) is 3.84. The minimum atomic E-state index is 0.0164. The normalized spacial score (nSPS) is 16.0. The molecule has 0 radical (unpaired) electrons. The van der Waals surface area contributed by atoms with Crippen molar-refractivity contribution in [2.24, 2.45) is 0 Å². The van der Waals surface area contributed by atoms with Crippen molar-refractivity contribution in [3.05, 3.63) is 12.3 Å². The van der Waals surface area contributed by atoms with Gasteiger partial charge in [0.25, 0.3) is 0 Å². The predicted molar refractivity (Wildman–Crippen MR) is 42.2 cm³/mol. The van der Waals surface area contributed by atoms with Crippen molar-refractivity contribution in [2.45, 2.75) is 31.7 Å². The van der Waals surface area contributed by atoms with Crippen molar-refractivity contribution in [2.75, 3.05) is 0 Å². The van der Waals surface area contributed by atoms with Gasteiger partial charge in [-0.05, 0) is 12.8 Å². The molecule has 1 saturated carbocycles. The average molecular weight is 155 g/mol. The number of hydrogen-bond donors (Lipinski definition) is 2.